The fourth-order valence-electron chi connectivity index (χ4n) is 4.39. The molecule has 4 rings (SSSR count). The van der Waals surface area contributed by atoms with Crippen LogP contribution in [0.4, 0.5) is 11.4 Å². The molecule has 0 aliphatic rings. The molecule has 0 radical (unpaired) electrons. The molecular formula is C44H58B2Br2N2O9. The molecule has 318 valence electrons. The SMILES string of the molecule is C.CC(C)OB(OC(C)C)OC(C)C.[C-]#[N+]c1ccc(Oc2ccc(Br)c(CO)c2)cc1.[C-]#[N+]c1ccc(Oc2ccc(Br)c(COB(OC(C)C)OC(C)C)c2)cc1. The zero-order chi connectivity index (χ0) is 43.2. The summed E-state index contributed by atoms with van der Waals surface area (Å²) in [5.74, 6) is 2.66. The largest absolute Gasteiger partial charge is 0.640 e. The van der Waals surface area contributed by atoms with E-state index in [-0.39, 0.29) is 44.6 Å². The van der Waals surface area contributed by atoms with Gasteiger partial charge < -0.3 is 42.5 Å². The van der Waals surface area contributed by atoms with Crippen LogP contribution in [0.2, 0.25) is 0 Å². The Morgan fingerprint density at radius 1 is 0.508 bits per heavy atom. The number of aliphatic hydroxyl groups is 1. The van der Waals surface area contributed by atoms with Crippen LogP contribution in [0.5, 0.6) is 23.0 Å². The number of ether oxygens (including phenoxy) is 2. The number of hydrogen-bond acceptors (Lipinski definition) is 9. The molecule has 0 aromatic heterocycles. The van der Waals surface area contributed by atoms with Crippen molar-refractivity contribution in [3.63, 3.8) is 0 Å². The Morgan fingerprint density at radius 3 is 1.17 bits per heavy atom. The van der Waals surface area contributed by atoms with E-state index in [2.05, 4.69) is 41.5 Å². The molecule has 0 saturated heterocycles. The van der Waals surface area contributed by atoms with Gasteiger partial charge in [-0.05, 0) is 141 Å². The van der Waals surface area contributed by atoms with Gasteiger partial charge in [-0.25, -0.2) is 9.69 Å². The van der Waals surface area contributed by atoms with Gasteiger partial charge >= 0.3 is 14.6 Å². The number of hydrogen-bond donors (Lipinski definition) is 1. The van der Waals surface area contributed by atoms with Gasteiger partial charge in [0.05, 0.1) is 26.4 Å². The monoisotopic (exact) mass is 938 g/mol. The lowest BCUT2D eigenvalue weighted by atomic mass is 10.1. The standard InChI is InChI=1S/C20H23BBrNO4.C14H10BrNO2.C9H21BO3.CH4/c1-14(2)26-21(27-15(3)4)24-13-16-12-19(10-11-20(16)22)25-18-8-6-17(23-5)7-9-18;1-16-11-2-4-12(5-3-11)18-13-6-7-14(15)10(8-13)9-17;1-7(2)11-10(12-8(3)4)13-9(5)6;/h6-12,14-15H,13H2,1-4H3;2-8,17H,9H2;7-9H,1-6H3;1H4. The van der Waals surface area contributed by atoms with Crippen molar-refractivity contribution in [3.05, 3.63) is 128 Å². The Bertz CT molecular complexity index is 1830. The van der Waals surface area contributed by atoms with Crippen molar-refractivity contribution in [1.82, 2.24) is 0 Å². The predicted octanol–water partition coefficient (Wildman–Crippen LogP) is 13.3. The highest BCUT2D eigenvalue weighted by molar-refractivity contribution is 9.10. The van der Waals surface area contributed by atoms with Gasteiger partial charge in [-0.3, -0.25) is 0 Å². The molecule has 0 atom stereocenters. The summed E-state index contributed by atoms with van der Waals surface area (Å²) in [6, 6.07) is 25.0. The first-order chi connectivity index (χ1) is 27.5. The Balaban J connectivity index is 0.000000472. The van der Waals surface area contributed by atoms with Crippen molar-refractivity contribution in [2.24, 2.45) is 0 Å². The smallest absolute Gasteiger partial charge is 0.457 e. The summed E-state index contributed by atoms with van der Waals surface area (Å²) in [5.41, 5.74) is 2.84. The van der Waals surface area contributed by atoms with Crippen molar-refractivity contribution in [1.29, 1.82) is 0 Å². The molecule has 0 unspecified atom stereocenters. The molecular weight excluding hydrogens is 882 g/mol. The van der Waals surface area contributed by atoms with Crippen LogP contribution in [-0.4, -0.2) is 50.3 Å². The highest BCUT2D eigenvalue weighted by Crippen LogP contribution is 2.30. The van der Waals surface area contributed by atoms with Crippen LogP contribution in [0.15, 0.2) is 93.9 Å². The molecule has 0 amide bonds. The number of nitrogens with zero attached hydrogens (tertiary/aromatic N) is 2. The second-order valence-electron chi connectivity index (χ2n) is 13.9. The molecule has 4 aromatic carbocycles. The summed E-state index contributed by atoms with van der Waals surface area (Å²) in [6.45, 7) is 33.6. The highest BCUT2D eigenvalue weighted by atomic mass is 79.9. The van der Waals surface area contributed by atoms with Gasteiger partial charge in [-0.2, -0.15) is 0 Å². The van der Waals surface area contributed by atoms with E-state index in [4.69, 9.17) is 55.7 Å². The van der Waals surface area contributed by atoms with Crippen molar-refractivity contribution in [3.8, 4) is 23.0 Å². The van der Waals surface area contributed by atoms with E-state index in [0.29, 0.717) is 41.0 Å². The van der Waals surface area contributed by atoms with Gasteiger partial charge in [-0.1, -0.05) is 63.6 Å². The quantitative estimate of drug-likeness (QED) is 0.0771. The third-order valence-corrected chi connectivity index (χ3v) is 8.45. The second-order valence-corrected chi connectivity index (χ2v) is 15.6. The summed E-state index contributed by atoms with van der Waals surface area (Å²) in [6.07, 6.45) is 0.322. The lowest BCUT2D eigenvalue weighted by molar-refractivity contribution is 0.0334. The van der Waals surface area contributed by atoms with Gasteiger partial charge in [0.15, 0.2) is 11.4 Å². The molecule has 0 spiro atoms. The van der Waals surface area contributed by atoms with Crippen LogP contribution < -0.4 is 9.47 Å². The molecule has 15 heteroatoms. The molecule has 11 nitrogen and oxygen atoms in total. The van der Waals surface area contributed by atoms with E-state index >= 15 is 0 Å². The minimum Gasteiger partial charge on any atom is -0.457 e. The summed E-state index contributed by atoms with van der Waals surface area (Å²) >= 11 is 6.88. The van der Waals surface area contributed by atoms with Crippen molar-refractivity contribution < 1.29 is 42.5 Å². The van der Waals surface area contributed by atoms with Crippen molar-refractivity contribution >= 4 is 57.9 Å². The number of rotatable bonds is 18. The van der Waals surface area contributed by atoms with Gasteiger partial charge in [0.25, 0.3) is 0 Å². The van der Waals surface area contributed by atoms with E-state index < -0.39 is 14.6 Å². The zero-order valence-corrected chi connectivity index (χ0v) is 38.1. The molecule has 0 saturated carbocycles. The predicted molar refractivity (Wildman–Crippen MR) is 244 cm³/mol. The second kappa shape index (κ2) is 28.7. The number of aliphatic hydroxyl groups excluding tert-OH is 1. The van der Waals surface area contributed by atoms with Crippen LogP contribution in [0.1, 0.15) is 87.8 Å². The molecule has 1 N–H and O–H groups in total. The van der Waals surface area contributed by atoms with Crippen LogP contribution >= 0.6 is 31.9 Å². The molecule has 0 aliphatic carbocycles. The minimum atomic E-state index is -0.734. The van der Waals surface area contributed by atoms with Crippen LogP contribution in [0.3, 0.4) is 0 Å². The molecule has 0 fully saturated rings. The number of halogens is 2. The Labute approximate surface area is 369 Å². The summed E-state index contributed by atoms with van der Waals surface area (Å²) in [7, 11) is -1.28. The summed E-state index contributed by atoms with van der Waals surface area (Å²) in [5, 5.41) is 9.16. The van der Waals surface area contributed by atoms with Crippen LogP contribution in [0.25, 0.3) is 9.69 Å². The fraction of sp³-hybridized carbons (Fsp3) is 0.409. The van der Waals surface area contributed by atoms with Gasteiger partial charge in [-0.15, -0.1) is 0 Å². The zero-order valence-electron chi connectivity index (χ0n) is 34.9. The molecule has 0 bridgehead atoms. The maximum Gasteiger partial charge on any atom is 0.640 e. The summed E-state index contributed by atoms with van der Waals surface area (Å²) in [4.78, 5) is 6.69. The molecule has 59 heavy (non-hydrogen) atoms. The third kappa shape index (κ3) is 22.4. The minimum absolute atomic E-state index is 0. The highest BCUT2D eigenvalue weighted by Gasteiger charge is 2.26. The van der Waals surface area contributed by atoms with Crippen molar-refractivity contribution in [2.75, 3.05) is 0 Å². The Kier molecular flexibility index (Phi) is 25.9. The number of benzene rings is 4. The molecule has 0 aliphatic heterocycles. The van der Waals surface area contributed by atoms with E-state index in [1.165, 1.54) is 0 Å². The fourth-order valence-corrected chi connectivity index (χ4v) is 5.12. The van der Waals surface area contributed by atoms with Crippen molar-refractivity contribution in [2.45, 2.75) is 120 Å². The Hall–Kier alpha value is -3.73. The third-order valence-electron chi connectivity index (χ3n) is 6.90. The lowest BCUT2D eigenvalue weighted by Crippen LogP contribution is -2.34. The maximum absolute atomic E-state index is 9.16. The average Bonchev–Trinajstić information content (AvgIpc) is 3.15. The van der Waals surface area contributed by atoms with Gasteiger partial charge in [0, 0.05) is 39.5 Å². The molecule has 4 aromatic rings. The first-order valence-corrected chi connectivity index (χ1v) is 20.5. The molecule has 0 heterocycles. The van der Waals surface area contributed by atoms with Crippen LogP contribution in [-0.2, 0) is 41.1 Å². The van der Waals surface area contributed by atoms with E-state index in [1.807, 2.05) is 99.6 Å². The Morgan fingerprint density at radius 2 is 0.831 bits per heavy atom. The lowest BCUT2D eigenvalue weighted by Gasteiger charge is -2.20. The van der Waals surface area contributed by atoms with E-state index in [1.54, 1.807) is 54.6 Å². The van der Waals surface area contributed by atoms with E-state index in [9.17, 15) is 0 Å². The van der Waals surface area contributed by atoms with Crippen LogP contribution in [0, 0.1) is 13.1 Å². The van der Waals surface area contributed by atoms with Gasteiger partial charge in [0.1, 0.15) is 23.0 Å². The average molecular weight is 940 g/mol. The maximum atomic E-state index is 9.16. The van der Waals surface area contributed by atoms with E-state index in [0.717, 1.165) is 20.1 Å². The first kappa shape index (κ1) is 53.3. The van der Waals surface area contributed by atoms with Gasteiger partial charge in [0.2, 0.25) is 0 Å². The normalized spacial score (nSPS) is 10.6. The first-order valence-electron chi connectivity index (χ1n) is 18.9. The topological polar surface area (TPSA) is 103 Å². The summed E-state index contributed by atoms with van der Waals surface area (Å²) < 4.78 is 46.7.